The highest BCUT2D eigenvalue weighted by molar-refractivity contribution is 6.32. The summed E-state index contributed by atoms with van der Waals surface area (Å²) in [5.74, 6) is 0.437. The van der Waals surface area contributed by atoms with Crippen molar-refractivity contribution < 1.29 is 14.3 Å². The predicted octanol–water partition coefficient (Wildman–Crippen LogP) is 2.59. The lowest BCUT2D eigenvalue weighted by molar-refractivity contribution is 0.102. The molecule has 3 N–H and O–H groups in total. The molecule has 0 unspecified atom stereocenters. The van der Waals surface area contributed by atoms with Crippen molar-refractivity contribution in [2.45, 2.75) is 0 Å². The molecule has 21 heavy (non-hydrogen) atoms. The first-order valence-electron chi connectivity index (χ1n) is 5.99. The van der Waals surface area contributed by atoms with E-state index in [0.717, 1.165) is 0 Å². The fraction of sp³-hybridized carbons (Fsp3) is 0.143. The van der Waals surface area contributed by atoms with Crippen LogP contribution in [0.25, 0.3) is 0 Å². The van der Waals surface area contributed by atoms with Gasteiger partial charge in [-0.2, -0.15) is 0 Å². The molecule has 0 aliphatic heterocycles. The van der Waals surface area contributed by atoms with Gasteiger partial charge in [0.15, 0.2) is 0 Å². The number of anilines is 2. The van der Waals surface area contributed by atoms with E-state index in [1.165, 1.54) is 26.6 Å². The average Bonchev–Trinajstić information content (AvgIpc) is 2.48. The highest BCUT2D eigenvalue weighted by atomic mass is 35.5. The second kappa shape index (κ2) is 6.32. The number of nitrogens with one attached hydrogen (secondary N) is 1. The van der Waals surface area contributed by atoms with Crippen molar-refractivity contribution in [3.63, 3.8) is 0 Å². The van der Waals surface area contributed by atoms with Crippen LogP contribution in [0.5, 0.6) is 11.5 Å². The number of hydrogen-bond donors (Lipinski definition) is 2. The van der Waals surface area contributed by atoms with E-state index >= 15 is 0 Å². The first-order chi connectivity index (χ1) is 10.1. The van der Waals surface area contributed by atoms with Gasteiger partial charge in [0, 0.05) is 30.2 Å². The van der Waals surface area contributed by atoms with E-state index < -0.39 is 5.91 Å². The third-order valence-electron chi connectivity index (χ3n) is 2.82. The minimum Gasteiger partial charge on any atom is -0.495 e. The highest BCUT2D eigenvalue weighted by Gasteiger charge is 2.15. The van der Waals surface area contributed by atoms with Crippen molar-refractivity contribution in [2.24, 2.45) is 0 Å². The van der Waals surface area contributed by atoms with Gasteiger partial charge in [0.05, 0.1) is 30.5 Å². The number of pyridine rings is 1. The van der Waals surface area contributed by atoms with E-state index in [-0.39, 0.29) is 5.56 Å². The number of nitrogens with zero attached hydrogens (tertiary/aromatic N) is 1. The van der Waals surface area contributed by atoms with Gasteiger partial charge in [-0.1, -0.05) is 11.6 Å². The van der Waals surface area contributed by atoms with E-state index in [0.29, 0.717) is 27.9 Å². The second-order valence-corrected chi connectivity index (χ2v) is 4.51. The molecule has 1 heterocycles. The van der Waals surface area contributed by atoms with Crippen LogP contribution in [0.4, 0.5) is 11.4 Å². The summed E-state index contributed by atoms with van der Waals surface area (Å²) >= 11 is 6.01. The van der Waals surface area contributed by atoms with Crippen molar-refractivity contribution in [3.05, 3.63) is 41.2 Å². The number of halogens is 1. The van der Waals surface area contributed by atoms with E-state index in [1.54, 1.807) is 18.2 Å². The first kappa shape index (κ1) is 14.9. The molecule has 2 aromatic rings. The molecule has 1 amide bonds. The topological polar surface area (TPSA) is 86.5 Å². The van der Waals surface area contributed by atoms with E-state index in [1.807, 2.05) is 0 Å². The summed E-state index contributed by atoms with van der Waals surface area (Å²) in [4.78, 5) is 16.1. The molecular weight excluding hydrogens is 294 g/mol. The fourth-order valence-corrected chi connectivity index (χ4v) is 1.97. The smallest absolute Gasteiger partial charge is 0.259 e. The maximum Gasteiger partial charge on any atom is 0.259 e. The molecule has 0 saturated carbocycles. The van der Waals surface area contributed by atoms with Crippen molar-refractivity contribution in [1.82, 2.24) is 4.98 Å². The number of carbonyl (C=O) groups excluding carboxylic acids is 1. The molecule has 1 aromatic carbocycles. The minimum atomic E-state index is -0.400. The van der Waals surface area contributed by atoms with E-state index in [4.69, 9.17) is 26.8 Å². The zero-order valence-electron chi connectivity index (χ0n) is 11.5. The molecule has 0 spiro atoms. The molecule has 0 radical (unpaired) electrons. The first-order valence-corrected chi connectivity index (χ1v) is 6.37. The molecule has 0 atom stereocenters. The Labute approximate surface area is 126 Å². The lowest BCUT2D eigenvalue weighted by atomic mass is 10.2. The van der Waals surface area contributed by atoms with Crippen molar-refractivity contribution >= 4 is 28.9 Å². The van der Waals surface area contributed by atoms with Gasteiger partial charge in [-0.25, -0.2) is 0 Å². The highest BCUT2D eigenvalue weighted by Crippen LogP contribution is 2.36. The Morgan fingerprint density at radius 1 is 1.29 bits per heavy atom. The van der Waals surface area contributed by atoms with Crippen molar-refractivity contribution in [2.75, 3.05) is 25.3 Å². The van der Waals surface area contributed by atoms with Crippen LogP contribution in [-0.2, 0) is 0 Å². The van der Waals surface area contributed by atoms with Crippen LogP contribution >= 0.6 is 11.6 Å². The Bertz CT molecular complexity index is 677. The number of ether oxygens (including phenoxy) is 2. The van der Waals surface area contributed by atoms with Gasteiger partial charge >= 0.3 is 0 Å². The van der Waals surface area contributed by atoms with Gasteiger partial charge in [-0.05, 0) is 6.07 Å². The average molecular weight is 308 g/mol. The van der Waals surface area contributed by atoms with Crippen LogP contribution in [0.1, 0.15) is 10.4 Å². The molecule has 6 nitrogen and oxygen atoms in total. The Balaban J connectivity index is 2.35. The summed E-state index contributed by atoms with van der Waals surface area (Å²) in [7, 11) is 2.96. The lowest BCUT2D eigenvalue weighted by Crippen LogP contribution is -2.15. The van der Waals surface area contributed by atoms with Crippen LogP contribution in [0, 0.1) is 0 Å². The van der Waals surface area contributed by atoms with Gasteiger partial charge in [0.2, 0.25) is 0 Å². The number of nitrogen functional groups attached to an aromatic ring is 1. The molecule has 0 saturated heterocycles. The quantitative estimate of drug-likeness (QED) is 0.906. The predicted molar refractivity (Wildman–Crippen MR) is 81.2 cm³/mol. The SMILES string of the molecule is COc1cc(NC(=O)c2cnccc2N)c(OC)cc1Cl. The maximum absolute atomic E-state index is 12.2. The minimum absolute atomic E-state index is 0.272. The molecule has 1 aromatic heterocycles. The lowest BCUT2D eigenvalue weighted by Gasteiger charge is -2.13. The Morgan fingerprint density at radius 3 is 2.62 bits per heavy atom. The molecule has 2 rings (SSSR count). The van der Waals surface area contributed by atoms with E-state index in [2.05, 4.69) is 10.3 Å². The maximum atomic E-state index is 12.2. The summed E-state index contributed by atoms with van der Waals surface area (Å²) in [5.41, 5.74) is 6.78. The van der Waals surface area contributed by atoms with Gasteiger partial charge in [-0.3, -0.25) is 9.78 Å². The molecular formula is C14H14ClN3O3. The van der Waals surface area contributed by atoms with Crippen LogP contribution in [-0.4, -0.2) is 25.1 Å². The Kier molecular flexibility index (Phi) is 4.49. The van der Waals surface area contributed by atoms with Crippen LogP contribution < -0.4 is 20.5 Å². The second-order valence-electron chi connectivity index (χ2n) is 4.10. The molecule has 0 aliphatic carbocycles. The molecule has 0 fully saturated rings. The summed E-state index contributed by atoms with van der Waals surface area (Å²) in [6, 6.07) is 4.68. The molecule has 0 bridgehead atoms. The number of amides is 1. The number of hydrogen-bond acceptors (Lipinski definition) is 5. The van der Waals surface area contributed by atoms with Gasteiger partial charge in [0.1, 0.15) is 11.5 Å². The van der Waals surface area contributed by atoms with E-state index in [9.17, 15) is 4.79 Å². The Morgan fingerprint density at radius 2 is 2.00 bits per heavy atom. The van der Waals surface area contributed by atoms with Gasteiger partial charge in [-0.15, -0.1) is 0 Å². The number of benzene rings is 1. The molecule has 0 aliphatic rings. The van der Waals surface area contributed by atoms with Gasteiger partial charge in [0.25, 0.3) is 5.91 Å². The number of carbonyl (C=O) groups is 1. The fourth-order valence-electron chi connectivity index (χ4n) is 1.74. The van der Waals surface area contributed by atoms with Crippen LogP contribution in [0.2, 0.25) is 5.02 Å². The van der Waals surface area contributed by atoms with Gasteiger partial charge < -0.3 is 20.5 Å². The number of nitrogens with two attached hydrogens (primary N) is 1. The van der Waals surface area contributed by atoms with Crippen LogP contribution in [0.3, 0.4) is 0 Å². The summed E-state index contributed by atoms with van der Waals surface area (Å²) in [6.45, 7) is 0. The number of aromatic nitrogens is 1. The van der Waals surface area contributed by atoms with Crippen molar-refractivity contribution in [3.8, 4) is 11.5 Å². The normalized spacial score (nSPS) is 10.0. The Hall–Kier alpha value is -2.47. The zero-order chi connectivity index (χ0) is 15.4. The van der Waals surface area contributed by atoms with Crippen molar-refractivity contribution in [1.29, 1.82) is 0 Å². The van der Waals surface area contributed by atoms with Crippen LogP contribution in [0.15, 0.2) is 30.6 Å². The zero-order valence-corrected chi connectivity index (χ0v) is 12.3. The third kappa shape index (κ3) is 3.17. The summed E-state index contributed by atoms with van der Waals surface area (Å²) in [6.07, 6.45) is 2.91. The number of rotatable bonds is 4. The standard InChI is InChI=1S/C14H14ClN3O3/c1-20-12-6-11(13(21-2)5-9(12)15)18-14(19)8-7-17-4-3-10(8)16/h3-7H,1-2H3,(H2,16,17)(H,18,19). The molecule has 7 heteroatoms. The molecule has 110 valence electrons. The summed E-state index contributed by atoms with van der Waals surface area (Å²) < 4.78 is 10.3. The monoisotopic (exact) mass is 307 g/mol. The number of methoxy groups -OCH3 is 2. The third-order valence-corrected chi connectivity index (χ3v) is 3.12. The summed E-state index contributed by atoms with van der Waals surface area (Å²) in [5, 5.41) is 3.08. The largest absolute Gasteiger partial charge is 0.495 e.